The number of carbonyl (C=O) groups is 2. The molecule has 0 spiro atoms. The average molecular weight is 248 g/mol. The summed E-state index contributed by atoms with van der Waals surface area (Å²) in [6, 6.07) is 0.273. The van der Waals surface area contributed by atoms with Crippen LogP contribution in [0.5, 0.6) is 0 Å². The molecule has 0 bridgehead atoms. The van der Waals surface area contributed by atoms with Crippen molar-refractivity contribution in [3.8, 4) is 0 Å². The Bertz CT molecular complexity index is 387. The van der Waals surface area contributed by atoms with Crippen LogP contribution in [-0.2, 0) is 9.59 Å². The lowest BCUT2D eigenvalue weighted by Crippen LogP contribution is -2.54. The van der Waals surface area contributed by atoms with Crippen molar-refractivity contribution in [1.82, 2.24) is 10.2 Å². The highest BCUT2D eigenvalue weighted by molar-refractivity contribution is 5.88. The molecule has 0 aromatic carbocycles. The van der Waals surface area contributed by atoms with Gasteiger partial charge in [0.1, 0.15) is 0 Å². The Hall–Kier alpha value is -1.58. The van der Waals surface area contributed by atoms with E-state index in [1.54, 1.807) is 12.2 Å². The lowest BCUT2D eigenvalue weighted by atomic mass is 9.85. The largest absolute Gasteiger partial charge is 0.353 e. The summed E-state index contributed by atoms with van der Waals surface area (Å²) in [6.45, 7) is 3.43. The fourth-order valence-corrected chi connectivity index (χ4v) is 2.66. The smallest absolute Gasteiger partial charge is 0.246 e. The van der Waals surface area contributed by atoms with Gasteiger partial charge in [0, 0.05) is 31.6 Å². The molecule has 98 valence electrons. The van der Waals surface area contributed by atoms with Crippen LogP contribution in [0.4, 0.5) is 0 Å². The molecule has 2 aliphatic rings. The Morgan fingerprint density at radius 2 is 2.22 bits per heavy atom. The monoisotopic (exact) mass is 248 g/mol. The van der Waals surface area contributed by atoms with Gasteiger partial charge in [0.15, 0.2) is 0 Å². The summed E-state index contributed by atoms with van der Waals surface area (Å²) in [4.78, 5) is 25.1. The predicted molar refractivity (Wildman–Crippen MR) is 69.8 cm³/mol. The second-order valence-electron chi connectivity index (χ2n) is 4.93. The molecular formula is C14H20N2O2. The van der Waals surface area contributed by atoms with E-state index >= 15 is 0 Å². The number of rotatable bonds is 2. The molecule has 1 N–H and O–H groups in total. The number of hydrogen-bond acceptors (Lipinski definition) is 2. The molecule has 2 aliphatic heterocycles. The third-order valence-electron chi connectivity index (χ3n) is 3.68. The van der Waals surface area contributed by atoms with E-state index in [2.05, 4.69) is 5.32 Å². The maximum absolute atomic E-state index is 11.9. The van der Waals surface area contributed by atoms with Crippen LogP contribution in [0, 0.1) is 5.92 Å². The Kier molecular flexibility index (Phi) is 4.18. The van der Waals surface area contributed by atoms with Crippen molar-refractivity contribution in [2.45, 2.75) is 32.2 Å². The summed E-state index contributed by atoms with van der Waals surface area (Å²) < 4.78 is 0. The molecule has 2 amide bonds. The second kappa shape index (κ2) is 5.85. The van der Waals surface area contributed by atoms with Crippen LogP contribution in [-0.4, -0.2) is 35.8 Å². The molecule has 0 aromatic heterocycles. The van der Waals surface area contributed by atoms with Crippen LogP contribution in [0.3, 0.4) is 0 Å². The Balaban J connectivity index is 1.90. The van der Waals surface area contributed by atoms with Crippen LogP contribution in [0.2, 0.25) is 0 Å². The molecule has 0 radical (unpaired) electrons. The van der Waals surface area contributed by atoms with Gasteiger partial charge in [0.2, 0.25) is 11.8 Å². The summed E-state index contributed by atoms with van der Waals surface area (Å²) in [7, 11) is 0. The molecule has 2 saturated heterocycles. The number of allylic oxidation sites excluding steroid dienone is 3. The normalized spacial score (nSPS) is 28.5. The van der Waals surface area contributed by atoms with Crippen LogP contribution in [0.1, 0.15) is 26.2 Å². The molecule has 0 saturated carbocycles. The predicted octanol–water partition coefficient (Wildman–Crippen LogP) is 1.25. The highest BCUT2D eigenvalue weighted by atomic mass is 16.2. The van der Waals surface area contributed by atoms with Crippen LogP contribution in [0.25, 0.3) is 0 Å². The fraction of sp³-hybridized carbons (Fsp3) is 0.571. The van der Waals surface area contributed by atoms with E-state index in [4.69, 9.17) is 0 Å². The van der Waals surface area contributed by atoms with Crippen molar-refractivity contribution in [1.29, 1.82) is 0 Å². The van der Waals surface area contributed by atoms with E-state index in [9.17, 15) is 9.59 Å². The second-order valence-corrected chi connectivity index (χ2v) is 4.93. The number of nitrogens with zero attached hydrogens (tertiary/aromatic N) is 1. The van der Waals surface area contributed by atoms with Gasteiger partial charge < -0.3 is 10.2 Å². The van der Waals surface area contributed by atoms with E-state index in [0.29, 0.717) is 12.3 Å². The van der Waals surface area contributed by atoms with Crippen LogP contribution < -0.4 is 5.32 Å². The third-order valence-corrected chi connectivity index (χ3v) is 3.68. The molecule has 4 nitrogen and oxygen atoms in total. The van der Waals surface area contributed by atoms with E-state index < -0.39 is 0 Å². The topological polar surface area (TPSA) is 49.4 Å². The zero-order valence-corrected chi connectivity index (χ0v) is 10.8. The molecule has 2 heterocycles. The number of carbonyl (C=O) groups excluding carboxylic acids is 2. The molecule has 2 rings (SSSR count). The summed E-state index contributed by atoms with van der Waals surface area (Å²) in [6.07, 6.45) is 9.51. The molecule has 2 unspecified atom stereocenters. The number of likely N-dealkylation sites (tertiary alicyclic amines) is 1. The van der Waals surface area contributed by atoms with Gasteiger partial charge in [-0.05, 0) is 25.7 Å². The van der Waals surface area contributed by atoms with Crippen molar-refractivity contribution in [3.05, 3.63) is 24.3 Å². The van der Waals surface area contributed by atoms with Gasteiger partial charge in [-0.1, -0.05) is 18.2 Å². The molecule has 0 aromatic rings. The highest BCUT2D eigenvalue weighted by Crippen LogP contribution is 2.25. The van der Waals surface area contributed by atoms with Crippen molar-refractivity contribution in [2.24, 2.45) is 5.92 Å². The zero-order valence-electron chi connectivity index (χ0n) is 10.8. The minimum Gasteiger partial charge on any atom is -0.353 e. The number of piperidine rings is 2. The fourth-order valence-electron chi connectivity index (χ4n) is 2.66. The SMILES string of the molecule is C/C=C/C=CC(=O)N1CCC2NC(=O)CCC2C1. The van der Waals surface area contributed by atoms with Crippen molar-refractivity contribution >= 4 is 11.8 Å². The maximum Gasteiger partial charge on any atom is 0.246 e. The average Bonchev–Trinajstić information content (AvgIpc) is 2.38. The molecule has 2 atom stereocenters. The van der Waals surface area contributed by atoms with Gasteiger partial charge in [-0.2, -0.15) is 0 Å². The Labute approximate surface area is 108 Å². The van der Waals surface area contributed by atoms with E-state index in [-0.39, 0.29) is 17.9 Å². The first-order valence-corrected chi connectivity index (χ1v) is 6.58. The van der Waals surface area contributed by atoms with E-state index in [1.165, 1.54) is 0 Å². The molecule has 2 fully saturated rings. The standard InChI is InChI=1S/C14H20N2O2/c1-2-3-4-5-14(18)16-9-8-12-11(10-16)6-7-13(17)15-12/h2-5,11-12H,6-10H2,1H3,(H,15,17)/b3-2+,5-4?. The number of nitrogens with one attached hydrogen (secondary N) is 1. The van der Waals surface area contributed by atoms with Gasteiger partial charge in [-0.25, -0.2) is 0 Å². The number of fused-ring (bicyclic) bond motifs is 1. The van der Waals surface area contributed by atoms with Gasteiger partial charge in [0.25, 0.3) is 0 Å². The molecule has 0 aliphatic carbocycles. The zero-order chi connectivity index (χ0) is 13.0. The Morgan fingerprint density at radius 1 is 1.39 bits per heavy atom. The quantitative estimate of drug-likeness (QED) is 0.590. The van der Waals surface area contributed by atoms with E-state index in [1.807, 2.05) is 24.0 Å². The summed E-state index contributed by atoms with van der Waals surface area (Å²) in [5, 5.41) is 3.02. The van der Waals surface area contributed by atoms with Crippen molar-refractivity contribution in [3.63, 3.8) is 0 Å². The minimum absolute atomic E-state index is 0.0726. The first kappa shape index (κ1) is 12.9. The summed E-state index contributed by atoms with van der Waals surface area (Å²) in [5.74, 6) is 0.656. The highest BCUT2D eigenvalue weighted by Gasteiger charge is 2.34. The van der Waals surface area contributed by atoms with Gasteiger partial charge in [0.05, 0.1) is 0 Å². The molecule has 18 heavy (non-hydrogen) atoms. The van der Waals surface area contributed by atoms with Crippen molar-refractivity contribution in [2.75, 3.05) is 13.1 Å². The summed E-state index contributed by atoms with van der Waals surface area (Å²) >= 11 is 0. The summed E-state index contributed by atoms with van der Waals surface area (Å²) in [5.41, 5.74) is 0. The lowest BCUT2D eigenvalue weighted by Gasteiger charge is -2.41. The molecular weight excluding hydrogens is 228 g/mol. The van der Waals surface area contributed by atoms with Gasteiger partial charge >= 0.3 is 0 Å². The van der Waals surface area contributed by atoms with Crippen molar-refractivity contribution < 1.29 is 9.59 Å². The van der Waals surface area contributed by atoms with Crippen LogP contribution >= 0.6 is 0 Å². The Morgan fingerprint density at radius 3 is 3.00 bits per heavy atom. The lowest BCUT2D eigenvalue weighted by molar-refractivity contribution is -0.130. The van der Waals surface area contributed by atoms with Gasteiger partial charge in [-0.3, -0.25) is 9.59 Å². The van der Waals surface area contributed by atoms with Crippen LogP contribution in [0.15, 0.2) is 24.3 Å². The van der Waals surface area contributed by atoms with E-state index in [0.717, 1.165) is 25.9 Å². The number of hydrogen-bond donors (Lipinski definition) is 1. The first-order valence-electron chi connectivity index (χ1n) is 6.58. The number of amides is 2. The first-order chi connectivity index (χ1) is 8.70. The maximum atomic E-state index is 11.9. The van der Waals surface area contributed by atoms with Gasteiger partial charge in [-0.15, -0.1) is 0 Å². The molecule has 4 heteroatoms. The minimum atomic E-state index is 0.0726. The third kappa shape index (κ3) is 3.00.